The van der Waals surface area contributed by atoms with E-state index in [0.717, 1.165) is 27.5 Å². The Kier molecular flexibility index (Phi) is 7.18. The van der Waals surface area contributed by atoms with Gasteiger partial charge in [0, 0.05) is 24.6 Å². The number of nitrogens with zero attached hydrogens (tertiary/aromatic N) is 2. The number of benzene rings is 5. The normalized spacial score (nSPS) is 22.3. The van der Waals surface area contributed by atoms with Crippen LogP contribution in [-0.4, -0.2) is 38.3 Å². The van der Waals surface area contributed by atoms with Crippen molar-refractivity contribution < 1.29 is 24.4 Å². The molecule has 2 amide bonds. The quantitative estimate of drug-likeness (QED) is 0.126. The van der Waals surface area contributed by atoms with Crippen molar-refractivity contribution in [1.82, 2.24) is 10.2 Å². The number of aliphatic carboxylic acids is 1. The first-order valence-electron chi connectivity index (χ1n) is 15.0. The minimum atomic E-state index is -1.84. The van der Waals surface area contributed by atoms with E-state index in [4.69, 9.17) is 0 Å². The first-order chi connectivity index (χ1) is 22.3. The molecule has 0 aromatic heterocycles. The number of likely N-dealkylation sites (tertiary alicyclic amines) is 1. The molecular formula is C37H29N3O6. The second-order valence-electron chi connectivity index (χ2n) is 11.9. The van der Waals surface area contributed by atoms with Crippen LogP contribution in [0.25, 0.3) is 21.9 Å². The van der Waals surface area contributed by atoms with Gasteiger partial charge in [-0.15, -0.1) is 0 Å². The molecule has 2 fully saturated rings. The Morgan fingerprint density at radius 3 is 2.15 bits per heavy atom. The molecule has 4 unspecified atom stereocenters. The summed E-state index contributed by atoms with van der Waals surface area (Å²) in [6.07, 6.45) is -0.152. The number of nitro benzene ring substituents is 1. The molecule has 5 aromatic rings. The van der Waals surface area contributed by atoms with Crippen molar-refractivity contribution in [3.8, 4) is 11.1 Å². The van der Waals surface area contributed by atoms with E-state index in [1.807, 2.05) is 97.1 Å². The van der Waals surface area contributed by atoms with Gasteiger partial charge in [-0.25, -0.2) is 0 Å². The van der Waals surface area contributed by atoms with Crippen molar-refractivity contribution in [1.29, 1.82) is 0 Å². The van der Waals surface area contributed by atoms with Crippen LogP contribution in [0, 0.1) is 22.0 Å². The van der Waals surface area contributed by atoms with Crippen LogP contribution in [0.2, 0.25) is 0 Å². The van der Waals surface area contributed by atoms with Gasteiger partial charge in [0.25, 0.3) is 5.69 Å². The van der Waals surface area contributed by atoms with Gasteiger partial charge in [-0.2, -0.15) is 0 Å². The minimum Gasteiger partial charge on any atom is -0.480 e. The van der Waals surface area contributed by atoms with E-state index in [-0.39, 0.29) is 18.7 Å². The number of fused-ring (bicyclic) bond motifs is 2. The molecule has 7 rings (SSSR count). The van der Waals surface area contributed by atoms with Crippen LogP contribution in [0.15, 0.2) is 121 Å². The molecule has 0 bridgehead atoms. The summed E-state index contributed by atoms with van der Waals surface area (Å²) in [5, 5.41) is 27.2. The number of hydrogen-bond acceptors (Lipinski definition) is 6. The zero-order chi connectivity index (χ0) is 32.0. The molecule has 2 heterocycles. The van der Waals surface area contributed by atoms with E-state index < -0.39 is 46.1 Å². The third-order valence-electron chi connectivity index (χ3n) is 9.34. The van der Waals surface area contributed by atoms with Crippen molar-refractivity contribution in [3.63, 3.8) is 0 Å². The van der Waals surface area contributed by atoms with E-state index in [9.17, 15) is 29.6 Å². The van der Waals surface area contributed by atoms with Gasteiger partial charge in [0.05, 0.1) is 23.3 Å². The van der Waals surface area contributed by atoms with Gasteiger partial charge in [0.15, 0.2) is 0 Å². The number of carboxylic acids is 1. The summed E-state index contributed by atoms with van der Waals surface area (Å²) in [6, 6.07) is 35.6. The number of nitro groups is 1. The minimum absolute atomic E-state index is 0.0128. The fourth-order valence-electron chi connectivity index (χ4n) is 7.11. The maximum absolute atomic E-state index is 14.3. The Balaban J connectivity index is 1.30. The molecule has 0 aliphatic carbocycles. The largest absolute Gasteiger partial charge is 0.480 e. The summed E-state index contributed by atoms with van der Waals surface area (Å²) in [4.78, 5) is 53.8. The second kappa shape index (κ2) is 11.4. The number of carboxylic acid groups (broad SMARTS) is 1. The smallest absolute Gasteiger partial charge is 0.325 e. The lowest BCUT2D eigenvalue weighted by Crippen LogP contribution is -2.57. The van der Waals surface area contributed by atoms with Gasteiger partial charge in [-0.3, -0.25) is 34.7 Å². The molecule has 0 spiro atoms. The molecule has 9 nitrogen and oxygen atoms in total. The maximum atomic E-state index is 14.3. The van der Waals surface area contributed by atoms with Gasteiger partial charge in [0.1, 0.15) is 5.54 Å². The number of non-ortho nitro benzene ring substituents is 1. The average Bonchev–Trinajstić information content (AvgIpc) is 3.55. The lowest BCUT2D eigenvalue weighted by atomic mass is 9.76. The third kappa shape index (κ3) is 4.81. The highest BCUT2D eigenvalue weighted by Crippen LogP contribution is 2.50. The summed E-state index contributed by atoms with van der Waals surface area (Å²) in [5.41, 5.74) is 1.96. The fraction of sp³-hybridized carbons (Fsp3) is 0.162. The molecule has 5 aromatic carbocycles. The summed E-state index contributed by atoms with van der Waals surface area (Å²) in [5.74, 6) is -4.43. The second-order valence-corrected chi connectivity index (χ2v) is 11.9. The van der Waals surface area contributed by atoms with Crippen molar-refractivity contribution in [2.75, 3.05) is 0 Å². The van der Waals surface area contributed by atoms with Gasteiger partial charge in [-0.1, -0.05) is 109 Å². The van der Waals surface area contributed by atoms with Gasteiger partial charge in [-0.05, 0) is 38.6 Å². The highest BCUT2D eigenvalue weighted by Gasteiger charge is 2.68. The van der Waals surface area contributed by atoms with Crippen LogP contribution < -0.4 is 5.32 Å². The topological polar surface area (TPSA) is 130 Å². The molecule has 46 heavy (non-hydrogen) atoms. The highest BCUT2D eigenvalue weighted by molar-refractivity contribution is 6.09. The van der Waals surface area contributed by atoms with Crippen LogP contribution in [-0.2, 0) is 27.3 Å². The lowest BCUT2D eigenvalue weighted by Gasteiger charge is -2.31. The first-order valence-corrected chi connectivity index (χ1v) is 15.0. The number of amides is 2. The van der Waals surface area contributed by atoms with Crippen molar-refractivity contribution >= 4 is 34.2 Å². The Labute approximate surface area is 264 Å². The SMILES string of the molecule is O=C1C2C(c3ccc(-c4ccccc4)cc3)NC(Cc3ccc([N+](=O)[O-])cc3)(C(=O)O)C2C(=O)N1Cc1cccc2ccccc12. The number of imide groups is 1. The molecule has 228 valence electrons. The molecular weight excluding hydrogens is 582 g/mol. The van der Waals surface area contributed by atoms with Gasteiger partial charge in [0.2, 0.25) is 11.8 Å². The van der Waals surface area contributed by atoms with Crippen molar-refractivity contribution in [2.24, 2.45) is 11.8 Å². The predicted octanol–water partition coefficient (Wildman–Crippen LogP) is 5.93. The highest BCUT2D eigenvalue weighted by atomic mass is 16.6. The van der Waals surface area contributed by atoms with Crippen LogP contribution in [0.3, 0.4) is 0 Å². The Hall–Kier alpha value is -5.67. The number of carbonyl (C=O) groups excluding carboxylic acids is 2. The van der Waals surface area contributed by atoms with Crippen LogP contribution >= 0.6 is 0 Å². The molecule has 2 N–H and O–H groups in total. The summed E-state index contributed by atoms with van der Waals surface area (Å²) in [7, 11) is 0. The van der Waals surface area contributed by atoms with Crippen LogP contribution in [0.1, 0.15) is 22.7 Å². The van der Waals surface area contributed by atoms with Crippen molar-refractivity contribution in [3.05, 3.63) is 148 Å². The van der Waals surface area contributed by atoms with E-state index in [0.29, 0.717) is 11.1 Å². The average molecular weight is 612 g/mol. The van der Waals surface area contributed by atoms with Crippen LogP contribution in [0.4, 0.5) is 5.69 Å². The molecule has 0 saturated carbocycles. The van der Waals surface area contributed by atoms with E-state index in [1.165, 1.54) is 29.2 Å². The van der Waals surface area contributed by atoms with E-state index in [2.05, 4.69) is 5.32 Å². The summed E-state index contributed by atoms with van der Waals surface area (Å²) >= 11 is 0. The number of carbonyl (C=O) groups is 3. The number of nitrogens with one attached hydrogen (secondary N) is 1. The van der Waals surface area contributed by atoms with Crippen molar-refractivity contribution in [2.45, 2.75) is 24.5 Å². The predicted molar refractivity (Wildman–Crippen MR) is 171 cm³/mol. The molecule has 2 aliphatic heterocycles. The lowest BCUT2D eigenvalue weighted by molar-refractivity contribution is -0.384. The van der Waals surface area contributed by atoms with Gasteiger partial charge < -0.3 is 5.11 Å². The summed E-state index contributed by atoms with van der Waals surface area (Å²) in [6.45, 7) is 0.0128. The Bertz CT molecular complexity index is 1990. The fourth-order valence-corrected chi connectivity index (χ4v) is 7.11. The molecule has 0 radical (unpaired) electrons. The first kappa shape index (κ1) is 29.1. The van der Waals surface area contributed by atoms with E-state index in [1.54, 1.807) is 0 Å². The van der Waals surface area contributed by atoms with E-state index >= 15 is 0 Å². The molecule has 4 atom stereocenters. The zero-order valence-corrected chi connectivity index (χ0v) is 24.6. The third-order valence-corrected chi connectivity index (χ3v) is 9.34. The number of rotatable bonds is 8. The molecule has 2 saturated heterocycles. The monoisotopic (exact) mass is 611 g/mol. The van der Waals surface area contributed by atoms with Gasteiger partial charge >= 0.3 is 5.97 Å². The Morgan fingerprint density at radius 2 is 1.46 bits per heavy atom. The van der Waals surface area contributed by atoms with Crippen LogP contribution in [0.5, 0.6) is 0 Å². The molecule has 2 aliphatic rings. The standard InChI is InChI=1S/C37H29N3O6/c41-34-31-32(35(42)39(34)22-28-11-6-10-26-9-4-5-12-30(26)28)37(36(43)44,21-23-13-19-29(20-14-23)40(45)46)38-33(31)27-17-15-25(16-18-27)24-7-2-1-3-8-24/h1-20,31-33,38H,21-22H2,(H,43,44). The summed E-state index contributed by atoms with van der Waals surface area (Å²) < 4.78 is 0. The maximum Gasteiger partial charge on any atom is 0.325 e. The molecule has 9 heteroatoms. The zero-order valence-electron chi connectivity index (χ0n) is 24.6. The number of hydrogen-bond donors (Lipinski definition) is 2. The Morgan fingerprint density at radius 1 is 0.804 bits per heavy atom.